The zero-order chi connectivity index (χ0) is 21.4. The van der Waals surface area contributed by atoms with E-state index < -0.39 is 0 Å². The molecule has 5 heterocycles. The van der Waals surface area contributed by atoms with Gasteiger partial charge in [-0.25, -0.2) is 0 Å². The van der Waals surface area contributed by atoms with Crippen molar-refractivity contribution >= 4 is 91.8 Å². The van der Waals surface area contributed by atoms with Crippen LogP contribution in [0.15, 0.2) is 83.3 Å². The summed E-state index contributed by atoms with van der Waals surface area (Å²) < 4.78 is 12.7. The fraction of sp³-hybridized carbons (Fsp3) is 0.0345. The minimum Gasteiger partial charge on any atom is -0.443 e. The van der Waals surface area contributed by atoms with Gasteiger partial charge in [0.05, 0.1) is 21.9 Å². The zero-order valence-corrected chi connectivity index (χ0v) is 18.5. The van der Waals surface area contributed by atoms with Gasteiger partial charge in [0, 0.05) is 44.2 Å². The first-order valence-corrected chi connectivity index (χ1v) is 12.0. The highest BCUT2D eigenvalue weighted by Gasteiger charge is 2.25. The first-order chi connectivity index (χ1) is 16.3. The van der Waals surface area contributed by atoms with Gasteiger partial charge < -0.3 is 13.4 Å². The summed E-state index contributed by atoms with van der Waals surface area (Å²) in [4.78, 5) is 1.00. The first kappa shape index (κ1) is 16.6. The number of para-hydroxylation sites is 1. The van der Waals surface area contributed by atoms with Gasteiger partial charge in [0.2, 0.25) is 0 Å². The lowest BCUT2D eigenvalue weighted by molar-refractivity contribution is 0.682. The number of furan rings is 1. The van der Waals surface area contributed by atoms with Gasteiger partial charge in [0.25, 0.3) is 0 Å². The summed E-state index contributed by atoms with van der Waals surface area (Å²) in [5, 5.41) is 8.89. The molecule has 4 heteroatoms. The Labute approximate surface area is 191 Å². The zero-order valence-electron chi connectivity index (χ0n) is 17.7. The summed E-state index contributed by atoms with van der Waals surface area (Å²) in [7, 11) is 2.18. The monoisotopic (exact) mass is 440 g/mol. The van der Waals surface area contributed by atoms with Crippen molar-refractivity contribution < 1.29 is 4.42 Å². The van der Waals surface area contributed by atoms with E-state index in [0.29, 0.717) is 0 Å². The summed E-state index contributed by atoms with van der Waals surface area (Å²) in [5.41, 5.74) is 7.16. The maximum absolute atomic E-state index is 6.63. The normalized spacial score (nSPS) is 13.0. The van der Waals surface area contributed by atoms with E-state index in [2.05, 4.69) is 94.9 Å². The number of thiophene rings is 1. The number of fused-ring (bicyclic) bond motifs is 10. The molecular formula is C29H16N2OS. The molecule has 0 bridgehead atoms. The van der Waals surface area contributed by atoms with Gasteiger partial charge in [-0.15, -0.1) is 0 Å². The maximum atomic E-state index is 6.63. The van der Waals surface area contributed by atoms with Crippen LogP contribution in [0.25, 0.3) is 80.5 Å². The van der Waals surface area contributed by atoms with Crippen molar-refractivity contribution in [2.24, 2.45) is 7.05 Å². The number of aryl methyl sites for hydroxylation is 1. The molecule has 0 aliphatic rings. The van der Waals surface area contributed by atoms with E-state index in [1.54, 1.807) is 11.3 Å². The molecule has 0 saturated heterocycles. The number of hydrogen-bond acceptors (Lipinski definition) is 2. The molecule has 33 heavy (non-hydrogen) atoms. The van der Waals surface area contributed by atoms with E-state index in [1.165, 1.54) is 70.0 Å². The molecule has 0 fully saturated rings. The van der Waals surface area contributed by atoms with Gasteiger partial charge in [0.1, 0.15) is 5.52 Å². The van der Waals surface area contributed by atoms with E-state index in [4.69, 9.17) is 4.42 Å². The Hall–Kier alpha value is -4.02. The molecule has 0 aliphatic heterocycles. The van der Waals surface area contributed by atoms with Gasteiger partial charge in [0.15, 0.2) is 10.5 Å². The summed E-state index contributed by atoms with van der Waals surface area (Å²) in [6.07, 6.45) is 0. The van der Waals surface area contributed by atoms with E-state index in [1.807, 2.05) is 0 Å². The molecule has 154 valence electrons. The second-order valence-corrected chi connectivity index (χ2v) is 10.0. The lowest BCUT2D eigenvalue weighted by Gasteiger charge is -2.03. The van der Waals surface area contributed by atoms with Crippen molar-refractivity contribution in [3.63, 3.8) is 0 Å². The molecule has 0 amide bonds. The van der Waals surface area contributed by atoms with Crippen molar-refractivity contribution in [1.82, 2.24) is 8.97 Å². The Bertz CT molecular complexity index is 2250. The summed E-state index contributed by atoms with van der Waals surface area (Å²) >= 11 is 1.74. The predicted molar refractivity (Wildman–Crippen MR) is 140 cm³/mol. The maximum Gasteiger partial charge on any atom is 0.191 e. The highest BCUT2D eigenvalue weighted by Crippen LogP contribution is 2.48. The molecule has 4 aromatic carbocycles. The van der Waals surface area contributed by atoms with Crippen LogP contribution in [0.3, 0.4) is 0 Å². The van der Waals surface area contributed by atoms with E-state index in [9.17, 15) is 0 Å². The molecule has 3 nitrogen and oxygen atoms in total. The lowest BCUT2D eigenvalue weighted by Crippen LogP contribution is -1.88. The number of rotatable bonds is 0. The summed E-state index contributed by atoms with van der Waals surface area (Å²) in [6, 6.07) is 28.7. The molecule has 5 aromatic heterocycles. The van der Waals surface area contributed by atoms with Gasteiger partial charge in [-0.05, 0) is 35.7 Å². The van der Waals surface area contributed by atoms with Crippen LogP contribution in [-0.2, 0) is 7.05 Å². The van der Waals surface area contributed by atoms with Crippen LogP contribution in [0.5, 0.6) is 0 Å². The largest absolute Gasteiger partial charge is 0.443 e. The Morgan fingerprint density at radius 2 is 1.36 bits per heavy atom. The van der Waals surface area contributed by atoms with E-state index in [0.717, 1.165) is 10.5 Å². The van der Waals surface area contributed by atoms with Crippen LogP contribution in [0, 0.1) is 0 Å². The summed E-state index contributed by atoms with van der Waals surface area (Å²) in [6.45, 7) is 0. The van der Waals surface area contributed by atoms with E-state index in [-0.39, 0.29) is 0 Å². The highest BCUT2D eigenvalue weighted by atomic mass is 32.1. The van der Waals surface area contributed by atoms with Gasteiger partial charge in [-0.1, -0.05) is 59.9 Å². The Morgan fingerprint density at radius 3 is 2.30 bits per heavy atom. The van der Waals surface area contributed by atoms with Crippen LogP contribution in [0.4, 0.5) is 0 Å². The van der Waals surface area contributed by atoms with Gasteiger partial charge in [-0.2, -0.15) is 0 Å². The number of aromatic nitrogens is 2. The Balaban J connectivity index is 1.78. The first-order valence-electron chi connectivity index (χ1n) is 11.2. The second-order valence-electron chi connectivity index (χ2n) is 9.01. The lowest BCUT2D eigenvalue weighted by atomic mass is 10.0. The number of hydrogen-bond donors (Lipinski definition) is 0. The average molecular weight is 441 g/mol. The van der Waals surface area contributed by atoms with Crippen LogP contribution < -0.4 is 0 Å². The number of benzene rings is 4. The molecule has 0 spiro atoms. The third kappa shape index (κ3) is 1.71. The Morgan fingerprint density at radius 1 is 0.606 bits per heavy atom. The van der Waals surface area contributed by atoms with Crippen molar-refractivity contribution in [3.05, 3.63) is 78.9 Å². The molecule has 0 aliphatic carbocycles. The fourth-order valence-electron chi connectivity index (χ4n) is 6.18. The average Bonchev–Trinajstić information content (AvgIpc) is 3.53. The van der Waals surface area contributed by atoms with Crippen molar-refractivity contribution in [2.45, 2.75) is 0 Å². The summed E-state index contributed by atoms with van der Waals surface area (Å²) in [5.74, 6) is 0. The molecule has 0 atom stereocenters. The molecule has 0 radical (unpaired) electrons. The smallest absolute Gasteiger partial charge is 0.191 e. The molecule has 0 N–H and O–H groups in total. The molecule has 0 saturated carbocycles. The van der Waals surface area contributed by atoms with Gasteiger partial charge >= 0.3 is 0 Å². The third-order valence-electron chi connectivity index (χ3n) is 7.51. The van der Waals surface area contributed by atoms with Crippen LogP contribution in [-0.4, -0.2) is 8.97 Å². The minimum atomic E-state index is 0.991. The molecule has 9 aromatic rings. The van der Waals surface area contributed by atoms with Crippen molar-refractivity contribution in [1.29, 1.82) is 0 Å². The van der Waals surface area contributed by atoms with Crippen molar-refractivity contribution in [2.75, 3.05) is 0 Å². The quantitative estimate of drug-likeness (QED) is 0.232. The Kier molecular flexibility index (Phi) is 2.67. The highest BCUT2D eigenvalue weighted by molar-refractivity contribution is 7.25. The van der Waals surface area contributed by atoms with Crippen molar-refractivity contribution in [3.8, 4) is 0 Å². The topological polar surface area (TPSA) is 22.5 Å². The molecule has 9 rings (SSSR count). The van der Waals surface area contributed by atoms with E-state index >= 15 is 0 Å². The SMILES string of the molecule is Cn1c2cccc3c4ccccc4n4c5c(ccc1c5c32)c1oc2sc3ccccc3c2c14. The second kappa shape index (κ2) is 5.30. The standard InChI is InChI=1S/C29H16N2OS/c1-30-20-11-6-9-16-15-7-2-4-10-19(15)31-26-18(13-14-21(30)25(26)23(16)20)28-27(31)24-17-8-3-5-12-22(17)33-29(24)32-28/h2-14H,1H3. The predicted octanol–water partition coefficient (Wildman–Crippen LogP) is 8.44. The number of nitrogens with zero attached hydrogens (tertiary/aromatic N) is 2. The molecule has 0 unspecified atom stereocenters. The van der Waals surface area contributed by atoms with Crippen LogP contribution in [0.1, 0.15) is 0 Å². The van der Waals surface area contributed by atoms with Crippen LogP contribution in [0.2, 0.25) is 0 Å². The fourth-order valence-corrected chi connectivity index (χ4v) is 7.24. The van der Waals surface area contributed by atoms with Gasteiger partial charge in [-0.3, -0.25) is 0 Å². The van der Waals surface area contributed by atoms with Crippen LogP contribution >= 0.6 is 11.3 Å². The third-order valence-corrected chi connectivity index (χ3v) is 8.56. The minimum absolute atomic E-state index is 0.991. The molecular weight excluding hydrogens is 424 g/mol.